The fourth-order valence-corrected chi connectivity index (χ4v) is 3.75. The Labute approximate surface area is 181 Å². The molecular formula is C22H27ClN2O3S. The van der Waals surface area contributed by atoms with Gasteiger partial charge in [0.1, 0.15) is 11.8 Å². The van der Waals surface area contributed by atoms with Crippen LogP contribution in [0.4, 0.5) is 0 Å². The lowest BCUT2D eigenvalue weighted by atomic mass is 10.1. The zero-order valence-corrected chi connectivity index (χ0v) is 18.6. The van der Waals surface area contributed by atoms with Gasteiger partial charge in [0.2, 0.25) is 11.8 Å². The average molecular weight is 435 g/mol. The van der Waals surface area contributed by atoms with Crippen LogP contribution in [0.1, 0.15) is 25.0 Å². The number of amides is 2. The average Bonchev–Trinajstić information content (AvgIpc) is 2.73. The predicted octanol–water partition coefficient (Wildman–Crippen LogP) is 4.14. The second-order valence-electron chi connectivity index (χ2n) is 6.56. The van der Waals surface area contributed by atoms with Gasteiger partial charge in [0.15, 0.2) is 0 Å². The van der Waals surface area contributed by atoms with Crippen LogP contribution in [0.15, 0.2) is 48.5 Å². The standard InChI is InChI=1S/C22H27ClN2O3S/c1-4-24-22(27)16(2)25(13-17-7-11-20(28-3)12-8-17)21(26)15-29-14-18-5-9-19(23)10-6-18/h5-12,16H,4,13-15H2,1-3H3,(H,24,27). The van der Waals surface area contributed by atoms with E-state index in [1.54, 1.807) is 18.9 Å². The molecule has 0 heterocycles. The number of halogens is 1. The number of hydrogen-bond donors (Lipinski definition) is 1. The second kappa shape index (κ2) is 11.7. The Hall–Kier alpha value is -2.18. The normalized spacial score (nSPS) is 11.6. The Balaban J connectivity index is 2.04. The molecule has 1 unspecified atom stereocenters. The highest BCUT2D eigenvalue weighted by molar-refractivity contribution is 7.99. The van der Waals surface area contributed by atoms with E-state index in [2.05, 4.69) is 5.32 Å². The molecular weight excluding hydrogens is 408 g/mol. The number of carbonyl (C=O) groups is 2. The van der Waals surface area contributed by atoms with Crippen molar-refractivity contribution < 1.29 is 14.3 Å². The minimum atomic E-state index is -0.555. The number of carbonyl (C=O) groups excluding carboxylic acids is 2. The topological polar surface area (TPSA) is 58.6 Å². The van der Waals surface area contributed by atoms with E-state index in [0.717, 1.165) is 16.9 Å². The SMILES string of the molecule is CCNC(=O)C(C)N(Cc1ccc(OC)cc1)C(=O)CSCc1ccc(Cl)cc1. The fraction of sp³-hybridized carbons (Fsp3) is 0.364. The Morgan fingerprint density at radius 2 is 1.72 bits per heavy atom. The van der Waals surface area contributed by atoms with Crippen LogP contribution in [0.5, 0.6) is 5.75 Å². The maximum Gasteiger partial charge on any atom is 0.242 e. The van der Waals surface area contributed by atoms with Gasteiger partial charge in [0, 0.05) is 23.9 Å². The van der Waals surface area contributed by atoms with E-state index in [9.17, 15) is 9.59 Å². The molecule has 0 radical (unpaired) electrons. The van der Waals surface area contributed by atoms with Gasteiger partial charge in [-0.3, -0.25) is 9.59 Å². The maximum absolute atomic E-state index is 12.9. The van der Waals surface area contributed by atoms with Crippen molar-refractivity contribution >= 4 is 35.2 Å². The predicted molar refractivity (Wildman–Crippen MR) is 119 cm³/mol. The first-order chi connectivity index (χ1) is 13.9. The Morgan fingerprint density at radius 1 is 1.10 bits per heavy atom. The van der Waals surface area contributed by atoms with E-state index in [0.29, 0.717) is 29.6 Å². The Kier molecular flexibility index (Phi) is 9.35. The zero-order chi connectivity index (χ0) is 21.2. The van der Waals surface area contributed by atoms with Crippen LogP contribution in [0.3, 0.4) is 0 Å². The lowest BCUT2D eigenvalue weighted by Crippen LogP contribution is -2.48. The summed E-state index contributed by atoms with van der Waals surface area (Å²) in [5, 5.41) is 3.49. The van der Waals surface area contributed by atoms with Crippen LogP contribution < -0.4 is 10.1 Å². The van der Waals surface area contributed by atoms with Crippen LogP contribution in [0.2, 0.25) is 5.02 Å². The summed E-state index contributed by atoms with van der Waals surface area (Å²) in [5.41, 5.74) is 2.05. The highest BCUT2D eigenvalue weighted by atomic mass is 35.5. The van der Waals surface area contributed by atoms with Gasteiger partial charge >= 0.3 is 0 Å². The lowest BCUT2D eigenvalue weighted by Gasteiger charge is -2.28. The van der Waals surface area contributed by atoms with Crippen molar-refractivity contribution in [3.8, 4) is 5.75 Å². The molecule has 5 nitrogen and oxygen atoms in total. The zero-order valence-electron chi connectivity index (χ0n) is 17.0. The number of likely N-dealkylation sites (N-methyl/N-ethyl adjacent to an activating group) is 1. The molecule has 2 amide bonds. The van der Waals surface area contributed by atoms with Crippen molar-refractivity contribution in [2.24, 2.45) is 0 Å². The van der Waals surface area contributed by atoms with Gasteiger partial charge in [-0.1, -0.05) is 35.9 Å². The van der Waals surface area contributed by atoms with Gasteiger partial charge in [-0.05, 0) is 49.2 Å². The molecule has 1 atom stereocenters. The molecule has 0 aliphatic heterocycles. The van der Waals surface area contributed by atoms with Crippen molar-refractivity contribution in [2.45, 2.75) is 32.2 Å². The lowest BCUT2D eigenvalue weighted by molar-refractivity contribution is -0.138. The van der Waals surface area contributed by atoms with Gasteiger partial charge in [-0.2, -0.15) is 0 Å². The van der Waals surface area contributed by atoms with Crippen molar-refractivity contribution in [3.63, 3.8) is 0 Å². The molecule has 0 bridgehead atoms. The van der Waals surface area contributed by atoms with E-state index in [4.69, 9.17) is 16.3 Å². The first kappa shape index (κ1) is 23.1. The molecule has 0 fully saturated rings. The number of nitrogens with zero attached hydrogens (tertiary/aromatic N) is 1. The third kappa shape index (κ3) is 7.29. The summed E-state index contributed by atoms with van der Waals surface area (Å²) in [6, 6.07) is 14.5. The highest BCUT2D eigenvalue weighted by Gasteiger charge is 2.25. The second-order valence-corrected chi connectivity index (χ2v) is 7.98. The van der Waals surface area contributed by atoms with Gasteiger partial charge < -0.3 is 15.0 Å². The fourth-order valence-electron chi connectivity index (χ4n) is 2.75. The van der Waals surface area contributed by atoms with Crippen molar-refractivity contribution in [1.29, 1.82) is 0 Å². The molecule has 2 aromatic carbocycles. The highest BCUT2D eigenvalue weighted by Crippen LogP contribution is 2.19. The smallest absolute Gasteiger partial charge is 0.242 e. The largest absolute Gasteiger partial charge is 0.497 e. The van der Waals surface area contributed by atoms with Crippen LogP contribution in [0.25, 0.3) is 0 Å². The number of ether oxygens (including phenoxy) is 1. The minimum Gasteiger partial charge on any atom is -0.497 e. The minimum absolute atomic E-state index is 0.0708. The van der Waals surface area contributed by atoms with E-state index in [1.165, 1.54) is 11.8 Å². The van der Waals surface area contributed by atoms with Crippen LogP contribution in [-0.4, -0.2) is 42.2 Å². The van der Waals surface area contributed by atoms with E-state index < -0.39 is 6.04 Å². The third-order valence-corrected chi connectivity index (χ3v) is 5.68. The molecule has 1 N–H and O–H groups in total. The number of thioether (sulfide) groups is 1. The number of methoxy groups -OCH3 is 1. The molecule has 2 aromatic rings. The molecule has 156 valence electrons. The number of benzene rings is 2. The maximum atomic E-state index is 12.9. The van der Waals surface area contributed by atoms with Crippen LogP contribution >= 0.6 is 23.4 Å². The van der Waals surface area contributed by atoms with Gasteiger partial charge in [0.25, 0.3) is 0 Å². The summed E-state index contributed by atoms with van der Waals surface area (Å²) in [6.45, 7) is 4.51. The van der Waals surface area contributed by atoms with Crippen molar-refractivity contribution in [3.05, 3.63) is 64.7 Å². The molecule has 0 aromatic heterocycles. The molecule has 29 heavy (non-hydrogen) atoms. The van der Waals surface area contributed by atoms with Crippen molar-refractivity contribution in [1.82, 2.24) is 10.2 Å². The monoisotopic (exact) mass is 434 g/mol. The quantitative estimate of drug-likeness (QED) is 0.610. The van der Waals surface area contributed by atoms with Gasteiger partial charge in [-0.25, -0.2) is 0 Å². The molecule has 0 aliphatic rings. The van der Waals surface area contributed by atoms with E-state index >= 15 is 0 Å². The molecule has 0 saturated heterocycles. The summed E-state index contributed by atoms with van der Waals surface area (Å²) in [6.07, 6.45) is 0. The molecule has 0 spiro atoms. The summed E-state index contributed by atoms with van der Waals surface area (Å²) < 4.78 is 5.19. The van der Waals surface area contributed by atoms with Crippen LogP contribution in [0, 0.1) is 0 Å². The number of hydrogen-bond acceptors (Lipinski definition) is 4. The van der Waals surface area contributed by atoms with Crippen molar-refractivity contribution in [2.75, 3.05) is 19.4 Å². The summed E-state index contributed by atoms with van der Waals surface area (Å²) in [5.74, 6) is 1.52. The van der Waals surface area contributed by atoms with Gasteiger partial charge in [0.05, 0.1) is 12.9 Å². The summed E-state index contributed by atoms with van der Waals surface area (Å²) in [7, 11) is 1.61. The molecule has 0 saturated carbocycles. The number of rotatable bonds is 10. The molecule has 7 heteroatoms. The van der Waals surface area contributed by atoms with Gasteiger partial charge in [-0.15, -0.1) is 11.8 Å². The first-order valence-electron chi connectivity index (χ1n) is 9.47. The number of nitrogens with one attached hydrogen (secondary N) is 1. The van der Waals surface area contributed by atoms with E-state index in [-0.39, 0.29) is 11.8 Å². The summed E-state index contributed by atoms with van der Waals surface area (Å²) in [4.78, 5) is 26.9. The molecule has 0 aliphatic carbocycles. The Morgan fingerprint density at radius 3 is 2.31 bits per heavy atom. The third-order valence-electron chi connectivity index (χ3n) is 4.44. The first-order valence-corrected chi connectivity index (χ1v) is 11.0. The van der Waals surface area contributed by atoms with Crippen LogP contribution in [-0.2, 0) is 21.9 Å². The Bertz CT molecular complexity index is 797. The summed E-state index contributed by atoms with van der Waals surface area (Å²) >= 11 is 7.43. The molecule has 2 rings (SSSR count). The van der Waals surface area contributed by atoms with E-state index in [1.807, 2.05) is 55.5 Å².